The van der Waals surface area contributed by atoms with Crippen molar-refractivity contribution in [3.05, 3.63) is 22.4 Å². The summed E-state index contributed by atoms with van der Waals surface area (Å²) in [6.45, 7) is 3.32. The normalized spacial score (nSPS) is 27.9. The minimum atomic E-state index is 0.239. The SMILES string of the molecule is N[C@@H]1CCCN(CC(=O)N2CCCC2c2cccs2)C1. The van der Waals surface area contributed by atoms with Gasteiger partial charge in [0.15, 0.2) is 0 Å². The fraction of sp³-hybridized carbons (Fsp3) is 0.667. The molecule has 1 amide bonds. The van der Waals surface area contributed by atoms with E-state index in [1.165, 1.54) is 4.88 Å². The maximum Gasteiger partial charge on any atom is 0.237 e. The van der Waals surface area contributed by atoms with Crippen LogP contribution in [0.25, 0.3) is 0 Å². The van der Waals surface area contributed by atoms with E-state index < -0.39 is 0 Å². The number of nitrogens with two attached hydrogens (primary N) is 1. The molecule has 2 aliphatic rings. The summed E-state index contributed by atoms with van der Waals surface area (Å²) in [6.07, 6.45) is 4.43. The summed E-state index contributed by atoms with van der Waals surface area (Å²) >= 11 is 1.76. The van der Waals surface area contributed by atoms with Crippen molar-refractivity contribution in [2.45, 2.75) is 37.8 Å². The Morgan fingerprint density at radius 2 is 2.20 bits per heavy atom. The summed E-state index contributed by atoms with van der Waals surface area (Å²) in [5, 5.41) is 2.10. The van der Waals surface area contributed by atoms with Gasteiger partial charge in [-0.05, 0) is 43.7 Å². The third-order valence-electron chi connectivity index (χ3n) is 4.35. The molecule has 2 N–H and O–H groups in total. The molecule has 0 bridgehead atoms. The number of thiophene rings is 1. The highest BCUT2D eigenvalue weighted by Crippen LogP contribution is 2.34. The van der Waals surface area contributed by atoms with Crippen molar-refractivity contribution in [1.82, 2.24) is 9.80 Å². The fourth-order valence-corrected chi connectivity index (χ4v) is 4.23. The van der Waals surface area contributed by atoms with Crippen molar-refractivity contribution >= 4 is 17.2 Å². The van der Waals surface area contributed by atoms with Gasteiger partial charge in [-0.1, -0.05) is 6.07 Å². The van der Waals surface area contributed by atoms with Gasteiger partial charge >= 0.3 is 0 Å². The first-order chi connectivity index (χ1) is 9.74. The maximum absolute atomic E-state index is 12.6. The molecule has 0 aliphatic carbocycles. The van der Waals surface area contributed by atoms with Crippen molar-refractivity contribution in [1.29, 1.82) is 0 Å². The second-order valence-electron chi connectivity index (χ2n) is 5.90. The average molecular weight is 293 g/mol. The van der Waals surface area contributed by atoms with Crippen molar-refractivity contribution in [3.8, 4) is 0 Å². The molecule has 0 saturated carbocycles. The van der Waals surface area contributed by atoms with Crippen LogP contribution >= 0.6 is 11.3 Å². The molecule has 2 aliphatic heterocycles. The summed E-state index contributed by atoms with van der Waals surface area (Å²) in [5.74, 6) is 0.273. The lowest BCUT2D eigenvalue weighted by Crippen LogP contribution is -2.47. The third kappa shape index (κ3) is 3.05. The summed E-state index contributed by atoms with van der Waals surface area (Å²) in [5.41, 5.74) is 5.99. The zero-order valence-electron chi connectivity index (χ0n) is 11.8. The van der Waals surface area contributed by atoms with E-state index in [-0.39, 0.29) is 11.9 Å². The number of rotatable bonds is 3. The van der Waals surface area contributed by atoms with Gasteiger partial charge in [0.1, 0.15) is 0 Å². The van der Waals surface area contributed by atoms with Crippen LogP contribution in [-0.2, 0) is 4.79 Å². The van der Waals surface area contributed by atoms with Crippen LogP contribution in [0.2, 0.25) is 0 Å². The summed E-state index contributed by atoms with van der Waals surface area (Å²) in [6, 6.07) is 4.77. The molecule has 1 unspecified atom stereocenters. The molecular formula is C15H23N3OS. The second kappa shape index (κ2) is 6.24. The van der Waals surface area contributed by atoms with Crippen LogP contribution in [0.3, 0.4) is 0 Å². The number of likely N-dealkylation sites (tertiary alicyclic amines) is 2. The van der Waals surface area contributed by atoms with E-state index in [0.717, 1.165) is 45.3 Å². The van der Waals surface area contributed by atoms with Crippen LogP contribution in [0.4, 0.5) is 0 Å². The van der Waals surface area contributed by atoms with Gasteiger partial charge in [0.05, 0.1) is 12.6 Å². The molecule has 20 heavy (non-hydrogen) atoms. The number of nitrogens with zero attached hydrogens (tertiary/aromatic N) is 2. The largest absolute Gasteiger partial charge is 0.334 e. The molecule has 2 saturated heterocycles. The average Bonchev–Trinajstić information content (AvgIpc) is 3.09. The van der Waals surface area contributed by atoms with Gasteiger partial charge in [-0.25, -0.2) is 0 Å². The summed E-state index contributed by atoms with van der Waals surface area (Å²) in [7, 11) is 0. The highest BCUT2D eigenvalue weighted by molar-refractivity contribution is 7.10. The van der Waals surface area contributed by atoms with Crippen molar-refractivity contribution in [3.63, 3.8) is 0 Å². The number of amides is 1. The molecule has 110 valence electrons. The molecule has 5 heteroatoms. The molecule has 0 spiro atoms. The van der Waals surface area contributed by atoms with Crippen LogP contribution in [0.5, 0.6) is 0 Å². The lowest BCUT2D eigenvalue weighted by molar-refractivity contribution is -0.133. The van der Waals surface area contributed by atoms with Gasteiger partial charge < -0.3 is 10.6 Å². The molecule has 1 aromatic heterocycles. The van der Waals surface area contributed by atoms with Crippen molar-refractivity contribution in [2.24, 2.45) is 5.73 Å². The van der Waals surface area contributed by atoms with Crippen LogP contribution in [0, 0.1) is 0 Å². The van der Waals surface area contributed by atoms with E-state index in [1.54, 1.807) is 11.3 Å². The van der Waals surface area contributed by atoms with Gasteiger partial charge in [-0.2, -0.15) is 0 Å². The van der Waals surface area contributed by atoms with Gasteiger partial charge in [-0.3, -0.25) is 9.69 Å². The molecule has 0 aromatic carbocycles. The molecule has 3 rings (SSSR count). The first-order valence-corrected chi connectivity index (χ1v) is 8.43. The monoisotopic (exact) mass is 293 g/mol. The zero-order chi connectivity index (χ0) is 13.9. The van der Waals surface area contributed by atoms with Crippen LogP contribution in [-0.4, -0.2) is 47.9 Å². The van der Waals surface area contributed by atoms with Crippen LogP contribution in [0.15, 0.2) is 17.5 Å². The first-order valence-electron chi connectivity index (χ1n) is 7.55. The van der Waals surface area contributed by atoms with E-state index in [0.29, 0.717) is 12.6 Å². The molecule has 3 heterocycles. The number of hydrogen-bond donors (Lipinski definition) is 1. The number of hydrogen-bond acceptors (Lipinski definition) is 4. The Bertz CT molecular complexity index is 448. The van der Waals surface area contributed by atoms with E-state index >= 15 is 0 Å². The van der Waals surface area contributed by atoms with Gasteiger partial charge in [0, 0.05) is 24.0 Å². The highest BCUT2D eigenvalue weighted by Gasteiger charge is 2.31. The molecular weight excluding hydrogens is 270 g/mol. The first kappa shape index (κ1) is 14.0. The second-order valence-corrected chi connectivity index (χ2v) is 6.88. The number of carbonyl (C=O) groups excluding carboxylic acids is 1. The maximum atomic E-state index is 12.6. The Labute approximate surface area is 124 Å². The predicted molar refractivity (Wildman–Crippen MR) is 81.7 cm³/mol. The molecule has 2 atom stereocenters. The lowest BCUT2D eigenvalue weighted by Gasteiger charge is -2.32. The lowest BCUT2D eigenvalue weighted by atomic mass is 10.1. The molecule has 2 fully saturated rings. The molecule has 4 nitrogen and oxygen atoms in total. The summed E-state index contributed by atoms with van der Waals surface area (Å²) < 4.78 is 0. The minimum Gasteiger partial charge on any atom is -0.334 e. The quantitative estimate of drug-likeness (QED) is 0.925. The molecule has 0 radical (unpaired) electrons. The number of piperidine rings is 1. The van der Waals surface area contributed by atoms with Crippen molar-refractivity contribution in [2.75, 3.05) is 26.2 Å². The van der Waals surface area contributed by atoms with Crippen molar-refractivity contribution < 1.29 is 4.79 Å². The number of carbonyl (C=O) groups is 1. The minimum absolute atomic E-state index is 0.239. The Morgan fingerprint density at radius 3 is 2.95 bits per heavy atom. The van der Waals surface area contributed by atoms with Crippen LogP contribution < -0.4 is 5.73 Å². The Balaban J connectivity index is 1.61. The van der Waals surface area contributed by atoms with E-state index in [4.69, 9.17) is 5.73 Å². The smallest absolute Gasteiger partial charge is 0.237 e. The van der Waals surface area contributed by atoms with Gasteiger partial charge in [-0.15, -0.1) is 11.3 Å². The Hall–Kier alpha value is -0.910. The molecule has 1 aromatic rings. The fourth-order valence-electron chi connectivity index (χ4n) is 3.36. The van der Waals surface area contributed by atoms with Crippen LogP contribution in [0.1, 0.15) is 36.6 Å². The Morgan fingerprint density at radius 1 is 1.35 bits per heavy atom. The van der Waals surface area contributed by atoms with Gasteiger partial charge in [0.25, 0.3) is 0 Å². The summed E-state index contributed by atoms with van der Waals surface area (Å²) in [4.78, 5) is 18.2. The topological polar surface area (TPSA) is 49.6 Å². The predicted octanol–water partition coefficient (Wildman–Crippen LogP) is 1.83. The standard InChI is InChI=1S/C15H23N3OS/c16-12-4-1-7-17(10-12)11-15(19)18-8-2-5-13(18)14-6-3-9-20-14/h3,6,9,12-13H,1-2,4-5,7-8,10-11,16H2/t12-,13?/m1/s1. The zero-order valence-corrected chi connectivity index (χ0v) is 12.6. The van der Waals surface area contributed by atoms with E-state index in [1.807, 2.05) is 0 Å². The van der Waals surface area contributed by atoms with E-state index in [2.05, 4.69) is 27.3 Å². The Kier molecular flexibility index (Phi) is 4.38. The van der Waals surface area contributed by atoms with E-state index in [9.17, 15) is 4.79 Å². The highest BCUT2D eigenvalue weighted by atomic mass is 32.1. The third-order valence-corrected chi connectivity index (χ3v) is 5.32. The van der Waals surface area contributed by atoms with Gasteiger partial charge in [0.2, 0.25) is 5.91 Å².